The first kappa shape index (κ1) is 16.8. The zero-order valence-electron chi connectivity index (χ0n) is 12.5. The molecule has 3 nitrogen and oxygen atoms in total. The number of nitrogens with one attached hydrogen (secondary N) is 1. The van der Waals surface area contributed by atoms with Gasteiger partial charge in [0.2, 0.25) is 0 Å². The van der Waals surface area contributed by atoms with Crippen LogP contribution in [0.25, 0.3) is 0 Å². The van der Waals surface area contributed by atoms with Gasteiger partial charge in [-0.15, -0.1) is 24.0 Å². The predicted molar refractivity (Wildman–Crippen MR) is 104 cm³/mol. The average Bonchev–Trinajstić information content (AvgIpc) is 2.54. The van der Waals surface area contributed by atoms with E-state index in [9.17, 15) is 0 Å². The smallest absolute Gasteiger partial charge is 0.193 e. The molecular weight excluding hydrogens is 385 g/mol. The van der Waals surface area contributed by atoms with Gasteiger partial charge in [-0.3, -0.25) is 4.99 Å². The molecule has 1 unspecified atom stereocenters. The summed E-state index contributed by atoms with van der Waals surface area (Å²) in [6, 6.07) is 18.6. The molecule has 0 saturated carbocycles. The molecule has 1 atom stereocenters. The Morgan fingerprint density at radius 1 is 1.09 bits per heavy atom. The maximum atomic E-state index is 5.98. The summed E-state index contributed by atoms with van der Waals surface area (Å²) in [7, 11) is 0. The monoisotopic (exact) mass is 407 g/mol. The second kappa shape index (κ2) is 8.17. The molecule has 0 saturated heterocycles. The lowest BCUT2D eigenvalue weighted by atomic mass is 9.83. The van der Waals surface area contributed by atoms with Crippen LogP contribution in [0.15, 0.2) is 59.6 Å². The molecule has 22 heavy (non-hydrogen) atoms. The first-order valence-corrected chi connectivity index (χ1v) is 7.53. The molecule has 2 aromatic carbocycles. The van der Waals surface area contributed by atoms with Crippen molar-refractivity contribution in [1.82, 2.24) is 0 Å². The standard InChI is InChI=1S/C18H21N3.HI/c19-18(21-16-10-2-1-3-11-16)20-13-15-9-6-8-14-7-4-5-12-17(14)15;/h1-5,7,10-12,15H,6,8-9,13H2,(H3,19,20,21);1H. The van der Waals surface area contributed by atoms with Crippen LogP contribution in [0.5, 0.6) is 0 Å². The molecule has 1 aliphatic rings. The van der Waals surface area contributed by atoms with Crippen LogP contribution in [0.4, 0.5) is 5.69 Å². The summed E-state index contributed by atoms with van der Waals surface area (Å²) in [5.41, 5.74) is 9.87. The van der Waals surface area contributed by atoms with Gasteiger partial charge >= 0.3 is 0 Å². The number of benzene rings is 2. The first-order chi connectivity index (χ1) is 10.3. The van der Waals surface area contributed by atoms with Gasteiger partial charge in [0.1, 0.15) is 0 Å². The second-order valence-electron chi connectivity index (χ2n) is 5.50. The molecular formula is C18H22IN3. The second-order valence-corrected chi connectivity index (χ2v) is 5.50. The van der Waals surface area contributed by atoms with Crippen LogP contribution in [0.3, 0.4) is 0 Å². The van der Waals surface area contributed by atoms with E-state index in [1.165, 1.54) is 30.4 Å². The fourth-order valence-electron chi connectivity index (χ4n) is 2.96. The third kappa shape index (κ3) is 4.22. The molecule has 0 aliphatic heterocycles. The summed E-state index contributed by atoms with van der Waals surface area (Å²) >= 11 is 0. The number of aliphatic imine (C=N–C) groups is 1. The van der Waals surface area contributed by atoms with E-state index in [1.807, 2.05) is 30.3 Å². The summed E-state index contributed by atoms with van der Waals surface area (Å²) in [4.78, 5) is 4.53. The molecule has 1 aliphatic carbocycles. The van der Waals surface area contributed by atoms with Gasteiger partial charge in [0.25, 0.3) is 0 Å². The number of hydrogen-bond donors (Lipinski definition) is 2. The molecule has 3 N–H and O–H groups in total. The summed E-state index contributed by atoms with van der Waals surface area (Å²) in [6.07, 6.45) is 3.62. The summed E-state index contributed by atoms with van der Waals surface area (Å²) < 4.78 is 0. The summed E-state index contributed by atoms with van der Waals surface area (Å²) in [5.74, 6) is 0.982. The Morgan fingerprint density at radius 3 is 2.64 bits per heavy atom. The highest BCUT2D eigenvalue weighted by Crippen LogP contribution is 2.31. The van der Waals surface area contributed by atoms with E-state index in [0.29, 0.717) is 11.9 Å². The molecule has 3 rings (SSSR count). The Labute approximate surface area is 149 Å². The predicted octanol–water partition coefficient (Wildman–Crippen LogP) is 4.15. The fourth-order valence-corrected chi connectivity index (χ4v) is 2.96. The van der Waals surface area contributed by atoms with Gasteiger partial charge in [-0.05, 0) is 42.5 Å². The quantitative estimate of drug-likeness (QED) is 0.456. The van der Waals surface area contributed by atoms with E-state index in [-0.39, 0.29) is 24.0 Å². The van der Waals surface area contributed by atoms with Crippen LogP contribution >= 0.6 is 24.0 Å². The van der Waals surface area contributed by atoms with Gasteiger partial charge < -0.3 is 11.1 Å². The Morgan fingerprint density at radius 2 is 1.82 bits per heavy atom. The van der Waals surface area contributed by atoms with E-state index in [0.717, 1.165) is 12.2 Å². The number of para-hydroxylation sites is 1. The van der Waals surface area contributed by atoms with E-state index >= 15 is 0 Å². The molecule has 0 bridgehead atoms. The minimum absolute atomic E-state index is 0. The number of halogens is 1. The summed E-state index contributed by atoms with van der Waals surface area (Å²) in [6.45, 7) is 0.753. The Kier molecular flexibility index (Phi) is 6.24. The molecule has 0 radical (unpaired) electrons. The van der Waals surface area contributed by atoms with Crippen molar-refractivity contribution in [3.63, 3.8) is 0 Å². The van der Waals surface area contributed by atoms with E-state index in [4.69, 9.17) is 5.73 Å². The van der Waals surface area contributed by atoms with Crippen LogP contribution in [0, 0.1) is 0 Å². The first-order valence-electron chi connectivity index (χ1n) is 7.53. The SMILES string of the molecule is I.NC(=NCC1CCCc2ccccc21)Nc1ccccc1. The van der Waals surface area contributed by atoms with Gasteiger partial charge in [-0.25, -0.2) is 0 Å². The number of anilines is 1. The minimum atomic E-state index is 0. The number of rotatable bonds is 3. The number of guanidine groups is 1. The molecule has 0 heterocycles. The van der Waals surface area contributed by atoms with E-state index in [1.54, 1.807) is 0 Å². The van der Waals surface area contributed by atoms with Gasteiger partial charge in [0.15, 0.2) is 5.96 Å². The number of nitrogens with two attached hydrogens (primary N) is 1. The third-order valence-electron chi connectivity index (χ3n) is 4.02. The Hall–Kier alpha value is -1.56. The van der Waals surface area contributed by atoms with Crippen molar-refractivity contribution < 1.29 is 0 Å². The van der Waals surface area contributed by atoms with Crippen molar-refractivity contribution in [1.29, 1.82) is 0 Å². The molecule has 4 heteroatoms. The molecule has 0 amide bonds. The van der Waals surface area contributed by atoms with Gasteiger partial charge in [0.05, 0.1) is 0 Å². The zero-order chi connectivity index (χ0) is 14.5. The highest BCUT2D eigenvalue weighted by molar-refractivity contribution is 14.0. The highest BCUT2D eigenvalue weighted by atomic mass is 127. The van der Waals surface area contributed by atoms with Crippen LogP contribution in [-0.4, -0.2) is 12.5 Å². The van der Waals surface area contributed by atoms with Crippen LogP contribution in [-0.2, 0) is 6.42 Å². The molecule has 0 aromatic heterocycles. The van der Waals surface area contributed by atoms with Crippen molar-refractivity contribution >= 4 is 35.6 Å². The summed E-state index contributed by atoms with van der Waals surface area (Å²) in [5, 5.41) is 3.13. The van der Waals surface area contributed by atoms with Crippen molar-refractivity contribution in [2.24, 2.45) is 10.7 Å². The lowest BCUT2D eigenvalue weighted by Crippen LogP contribution is -2.24. The average molecular weight is 407 g/mol. The minimum Gasteiger partial charge on any atom is -0.370 e. The third-order valence-corrected chi connectivity index (χ3v) is 4.02. The normalized spacial score (nSPS) is 17.3. The van der Waals surface area contributed by atoms with Gasteiger partial charge in [0, 0.05) is 18.2 Å². The van der Waals surface area contributed by atoms with Gasteiger partial charge in [-0.1, -0.05) is 42.5 Å². The van der Waals surface area contributed by atoms with Crippen molar-refractivity contribution in [2.45, 2.75) is 25.2 Å². The molecule has 116 valence electrons. The lowest BCUT2D eigenvalue weighted by Gasteiger charge is -2.24. The van der Waals surface area contributed by atoms with Crippen molar-refractivity contribution in [2.75, 3.05) is 11.9 Å². The lowest BCUT2D eigenvalue weighted by molar-refractivity contribution is 0.561. The Balaban J connectivity index is 0.00000176. The number of hydrogen-bond acceptors (Lipinski definition) is 1. The van der Waals surface area contributed by atoms with Crippen LogP contribution < -0.4 is 11.1 Å². The zero-order valence-corrected chi connectivity index (χ0v) is 14.9. The topological polar surface area (TPSA) is 50.4 Å². The van der Waals surface area contributed by atoms with Crippen molar-refractivity contribution in [3.05, 3.63) is 65.7 Å². The van der Waals surface area contributed by atoms with Crippen LogP contribution in [0.1, 0.15) is 29.9 Å². The van der Waals surface area contributed by atoms with Gasteiger partial charge in [-0.2, -0.15) is 0 Å². The molecule has 0 spiro atoms. The maximum Gasteiger partial charge on any atom is 0.193 e. The van der Waals surface area contributed by atoms with E-state index < -0.39 is 0 Å². The van der Waals surface area contributed by atoms with Crippen molar-refractivity contribution in [3.8, 4) is 0 Å². The van der Waals surface area contributed by atoms with E-state index in [2.05, 4.69) is 34.6 Å². The Bertz CT molecular complexity index is 625. The largest absolute Gasteiger partial charge is 0.370 e. The highest BCUT2D eigenvalue weighted by Gasteiger charge is 2.19. The number of aryl methyl sites for hydroxylation is 1. The molecule has 2 aromatic rings. The molecule has 0 fully saturated rings. The maximum absolute atomic E-state index is 5.98. The van der Waals surface area contributed by atoms with Crippen LogP contribution in [0.2, 0.25) is 0 Å². The number of fused-ring (bicyclic) bond motifs is 1. The fraction of sp³-hybridized carbons (Fsp3) is 0.278. The number of nitrogens with zero attached hydrogens (tertiary/aromatic N) is 1.